The van der Waals surface area contributed by atoms with Crippen LogP contribution in [0.25, 0.3) is 0 Å². The van der Waals surface area contributed by atoms with Gasteiger partial charge < -0.3 is 25.4 Å². The van der Waals surface area contributed by atoms with Crippen molar-refractivity contribution in [1.29, 1.82) is 0 Å². The van der Waals surface area contributed by atoms with Gasteiger partial charge in [-0.05, 0) is 30.7 Å². The van der Waals surface area contributed by atoms with E-state index in [1.54, 1.807) is 24.3 Å². The maximum atomic E-state index is 12.2. The highest BCUT2D eigenvalue weighted by atomic mass is 16.5. The van der Waals surface area contributed by atoms with Crippen molar-refractivity contribution < 1.29 is 19.1 Å². The van der Waals surface area contributed by atoms with Crippen LogP contribution in [0, 0.1) is 0 Å². The number of nitrogens with one attached hydrogen (secondary N) is 3. The quantitative estimate of drug-likeness (QED) is 0.743. The number of urea groups is 1. The number of rotatable bonds is 5. The van der Waals surface area contributed by atoms with Crippen LogP contribution in [0.4, 0.5) is 16.2 Å². The van der Waals surface area contributed by atoms with Gasteiger partial charge in [0.05, 0.1) is 13.2 Å². The number of hydrogen-bond acceptors (Lipinski definition) is 4. The van der Waals surface area contributed by atoms with Crippen molar-refractivity contribution in [3.63, 3.8) is 0 Å². The van der Waals surface area contributed by atoms with Gasteiger partial charge in [0.2, 0.25) is 5.91 Å². The summed E-state index contributed by atoms with van der Waals surface area (Å²) in [5.41, 5.74) is 4.79. The zero-order valence-electron chi connectivity index (χ0n) is 15.8. The summed E-state index contributed by atoms with van der Waals surface area (Å²) < 4.78 is 11.6. The van der Waals surface area contributed by atoms with Gasteiger partial charge in [0, 0.05) is 54.4 Å². The Morgan fingerprint density at radius 2 is 1.82 bits per heavy atom. The predicted octanol–water partition coefficient (Wildman–Crippen LogP) is 2.88. The molecule has 146 valence electrons. The van der Waals surface area contributed by atoms with Gasteiger partial charge in [-0.3, -0.25) is 4.79 Å². The second-order valence-electron chi connectivity index (χ2n) is 6.91. The number of anilines is 2. The molecule has 0 atom stereocenters. The van der Waals surface area contributed by atoms with Gasteiger partial charge in [-0.1, -0.05) is 6.07 Å². The average molecular weight is 381 g/mol. The van der Waals surface area contributed by atoms with E-state index in [9.17, 15) is 9.59 Å². The first kappa shape index (κ1) is 18.2. The van der Waals surface area contributed by atoms with E-state index in [4.69, 9.17) is 9.47 Å². The van der Waals surface area contributed by atoms with Crippen molar-refractivity contribution in [2.45, 2.75) is 26.2 Å². The van der Waals surface area contributed by atoms with Crippen molar-refractivity contribution in [3.8, 4) is 11.5 Å². The third-order valence-corrected chi connectivity index (χ3v) is 4.86. The standard InChI is InChI=1S/C21H23N3O4/c1-13(25)23-15-3-2-4-16(12-15)24-21(26)22-8-5-18-17-7-10-27-19(17)11-14-6-9-28-20(14)18/h2-4,11-12H,5-10H2,1H3,(H,23,25)(H2,22,24,26). The Morgan fingerprint density at radius 1 is 1.04 bits per heavy atom. The molecule has 0 saturated carbocycles. The van der Waals surface area contributed by atoms with E-state index >= 15 is 0 Å². The molecule has 2 aliphatic heterocycles. The molecule has 0 saturated heterocycles. The highest BCUT2D eigenvalue weighted by Gasteiger charge is 2.26. The Labute approximate surface area is 163 Å². The number of hydrogen-bond donors (Lipinski definition) is 3. The molecule has 0 radical (unpaired) electrons. The fraction of sp³-hybridized carbons (Fsp3) is 0.333. The van der Waals surface area contributed by atoms with Gasteiger partial charge in [0.1, 0.15) is 11.5 Å². The van der Waals surface area contributed by atoms with Crippen LogP contribution >= 0.6 is 0 Å². The number of carbonyl (C=O) groups excluding carboxylic acids is 2. The summed E-state index contributed by atoms with van der Waals surface area (Å²) in [5.74, 6) is 1.77. The Bertz CT molecular complexity index is 894. The smallest absolute Gasteiger partial charge is 0.319 e. The van der Waals surface area contributed by atoms with E-state index in [1.165, 1.54) is 18.1 Å². The summed E-state index contributed by atoms with van der Waals surface area (Å²) >= 11 is 0. The molecule has 0 aromatic heterocycles. The van der Waals surface area contributed by atoms with Gasteiger partial charge in [-0.25, -0.2) is 4.79 Å². The van der Waals surface area contributed by atoms with Gasteiger partial charge in [0.15, 0.2) is 0 Å². The average Bonchev–Trinajstić information content (AvgIpc) is 3.29. The topological polar surface area (TPSA) is 88.7 Å². The lowest BCUT2D eigenvalue weighted by Gasteiger charge is -2.14. The lowest BCUT2D eigenvalue weighted by Crippen LogP contribution is -2.30. The summed E-state index contributed by atoms with van der Waals surface area (Å²) in [6.07, 6.45) is 2.47. The number of amides is 3. The Morgan fingerprint density at radius 3 is 2.64 bits per heavy atom. The van der Waals surface area contributed by atoms with Crippen LogP contribution in [0.1, 0.15) is 23.6 Å². The molecule has 0 fully saturated rings. The molecule has 0 aliphatic carbocycles. The molecule has 2 aromatic carbocycles. The molecule has 0 spiro atoms. The molecule has 0 unspecified atom stereocenters. The number of benzene rings is 2. The highest BCUT2D eigenvalue weighted by Crippen LogP contribution is 2.40. The van der Waals surface area contributed by atoms with Crippen molar-refractivity contribution in [3.05, 3.63) is 47.0 Å². The molecule has 7 heteroatoms. The first-order valence-electron chi connectivity index (χ1n) is 9.46. The summed E-state index contributed by atoms with van der Waals surface area (Å²) in [6.45, 7) is 3.33. The molecule has 28 heavy (non-hydrogen) atoms. The van der Waals surface area contributed by atoms with Crippen molar-refractivity contribution in [2.24, 2.45) is 0 Å². The minimum Gasteiger partial charge on any atom is -0.493 e. The number of fused-ring (bicyclic) bond motifs is 2. The Hall–Kier alpha value is -3.22. The van der Waals surface area contributed by atoms with E-state index in [2.05, 4.69) is 22.0 Å². The molecule has 0 bridgehead atoms. The molecule has 2 aliphatic rings. The number of ether oxygens (including phenoxy) is 2. The van der Waals surface area contributed by atoms with E-state index in [-0.39, 0.29) is 11.9 Å². The van der Waals surface area contributed by atoms with Gasteiger partial charge in [0.25, 0.3) is 0 Å². The SMILES string of the molecule is CC(=O)Nc1cccc(NC(=O)NCCc2c3c(cc4c2OCC4)OCC3)c1. The van der Waals surface area contributed by atoms with Crippen molar-refractivity contribution >= 4 is 23.3 Å². The molecule has 4 rings (SSSR count). The predicted molar refractivity (Wildman–Crippen MR) is 106 cm³/mol. The third kappa shape index (κ3) is 3.88. The fourth-order valence-electron chi connectivity index (χ4n) is 3.70. The first-order valence-corrected chi connectivity index (χ1v) is 9.46. The van der Waals surface area contributed by atoms with E-state index in [0.717, 1.165) is 29.9 Å². The first-order chi connectivity index (χ1) is 13.6. The molecule has 7 nitrogen and oxygen atoms in total. The van der Waals surface area contributed by atoms with Gasteiger partial charge in [-0.2, -0.15) is 0 Å². The van der Waals surface area contributed by atoms with Crippen LogP contribution < -0.4 is 25.4 Å². The number of carbonyl (C=O) groups is 2. The van der Waals surface area contributed by atoms with Crippen LogP contribution in [0.3, 0.4) is 0 Å². The second-order valence-corrected chi connectivity index (χ2v) is 6.91. The monoisotopic (exact) mass is 381 g/mol. The highest BCUT2D eigenvalue weighted by molar-refractivity contribution is 5.92. The Kier molecular flexibility index (Phi) is 5.06. The summed E-state index contributed by atoms with van der Waals surface area (Å²) in [4.78, 5) is 23.4. The maximum absolute atomic E-state index is 12.2. The molecule has 3 N–H and O–H groups in total. The molecule has 2 heterocycles. The Balaban J connectivity index is 1.36. The fourth-order valence-corrected chi connectivity index (χ4v) is 3.70. The zero-order valence-corrected chi connectivity index (χ0v) is 15.8. The van der Waals surface area contributed by atoms with Gasteiger partial charge >= 0.3 is 6.03 Å². The van der Waals surface area contributed by atoms with Crippen molar-refractivity contribution in [2.75, 3.05) is 30.4 Å². The van der Waals surface area contributed by atoms with Crippen LogP contribution in [0.5, 0.6) is 11.5 Å². The minimum absolute atomic E-state index is 0.157. The van der Waals surface area contributed by atoms with Crippen molar-refractivity contribution in [1.82, 2.24) is 5.32 Å². The van der Waals surface area contributed by atoms with Crippen LogP contribution in [0.2, 0.25) is 0 Å². The summed E-state index contributed by atoms with van der Waals surface area (Å²) in [6, 6.07) is 8.83. The summed E-state index contributed by atoms with van der Waals surface area (Å²) in [7, 11) is 0. The third-order valence-electron chi connectivity index (χ3n) is 4.86. The maximum Gasteiger partial charge on any atom is 0.319 e. The molecule has 2 aromatic rings. The van der Waals surface area contributed by atoms with Crippen LogP contribution in [-0.2, 0) is 24.1 Å². The minimum atomic E-state index is -0.290. The lowest BCUT2D eigenvalue weighted by molar-refractivity contribution is -0.114. The normalized spacial score (nSPS) is 13.8. The zero-order chi connectivity index (χ0) is 19.5. The second kappa shape index (κ2) is 7.80. The van der Waals surface area contributed by atoms with Crippen LogP contribution in [-0.4, -0.2) is 31.7 Å². The lowest BCUT2D eigenvalue weighted by atomic mass is 9.97. The molecular formula is C21H23N3O4. The largest absolute Gasteiger partial charge is 0.493 e. The molecular weight excluding hydrogens is 358 g/mol. The van der Waals surface area contributed by atoms with Gasteiger partial charge in [-0.15, -0.1) is 0 Å². The van der Waals surface area contributed by atoms with Crippen LogP contribution in [0.15, 0.2) is 30.3 Å². The van der Waals surface area contributed by atoms with E-state index in [1.807, 2.05) is 0 Å². The molecule has 3 amide bonds. The summed E-state index contributed by atoms with van der Waals surface area (Å²) in [5, 5.41) is 8.37. The van der Waals surface area contributed by atoms with E-state index in [0.29, 0.717) is 37.6 Å². The van der Waals surface area contributed by atoms with E-state index < -0.39 is 0 Å².